The molecule has 0 fully saturated rings. The first-order valence-electron chi connectivity index (χ1n) is 7.52. The topological polar surface area (TPSA) is 74.6 Å². The van der Waals surface area contributed by atoms with Crippen LogP contribution in [0.4, 0.5) is 0 Å². The first kappa shape index (κ1) is 18.9. The predicted molar refractivity (Wildman–Crippen MR) is 78.9 cm³/mol. The minimum atomic E-state index is -4.02. The second-order valence-electron chi connectivity index (χ2n) is 5.49. The van der Waals surface area contributed by atoms with E-state index in [4.69, 9.17) is 4.55 Å². The highest BCUT2D eigenvalue weighted by Gasteiger charge is 2.23. The SMILES string of the molecule is CCCCCCCCCCC(CC(C)O)S(=O)(=O)O. The molecule has 4 nitrogen and oxygen atoms in total. The van der Waals surface area contributed by atoms with Gasteiger partial charge in [0.05, 0.1) is 11.4 Å². The van der Waals surface area contributed by atoms with Crippen molar-refractivity contribution >= 4 is 10.1 Å². The number of unbranched alkanes of at least 4 members (excludes halogenated alkanes) is 7. The molecule has 2 N–H and O–H groups in total. The highest BCUT2D eigenvalue weighted by atomic mass is 32.2. The summed E-state index contributed by atoms with van der Waals surface area (Å²) >= 11 is 0. The Balaban J connectivity index is 3.71. The third kappa shape index (κ3) is 11.4. The van der Waals surface area contributed by atoms with Gasteiger partial charge in [0, 0.05) is 0 Å². The maximum absolute atomic E-state index is 11.1. The van der Waals surface area contributed by atoms with E-state index in [-0.39, 0.29) is 6.42 Å². The van der Waals surface area contributed by atoms with Gasteiger partial charge in [-0.05, 0) is 19.8 Å². The highest BCUT2D eigenvalue weighted by Crippen LogP contribution is 2.17. The Bertz CT molecular complexity index is 299. The Labute approximate surface area is 118 Å². The molecule has 0 radical (unpaired) electrons. The summed E-state index contributed by atoms with van der Waals surface area (Å²) in [4.78, 5) is 0. The number of rotatable bonds is 12. The first-order valence-corrected chi connectivity index (χ1v) is 9.02. The Morgan fingerprint density at radius 3 is 1.84 bits per heavy atom. The largest absolute Gasteiger partial charge is 0.393 e. The molecule has 0 bridgehead atoms. The molecule has 19 heavy (non-hydrogen) atoms. The molecule has 0 rings (SSSR count). The average Bonchev–Trinajstić information content (AvgIpc) is 2.29. The molecule has 5 heteroatoms. The highest BCUT2D eigenvalue weighted by molar-refractivity contribution is 7.86. The second-order valence-corrected chi connectivity index (χ2v) is 7.18. The molecule has 0 aromatic carbocycles. The van der Waals surface area contributed by atoms with Gasteiger partial charge in [-0.15, -0.1) is 0 Å². The molecule has 0 amide bonds. The molecule has 2 unspecified atom stereocenters. The molecule has 0 aromatic heterocycles. The fraction of sp³-hybridized carbons (Fsp3) is 1.00. The summed E-state index contributed by atoms with van der Waals surface area (Å²) in [6, 6.07) is 0. The van der Waals surface area contributed by atoms with E-state index < -0.39 is 21.5 Å². The van der Waals surface area contributed by atoms with Crippen LogP contribution >= 0.6 is 0 Å². The third-order valence-corrected chi connectivity index (χ3v) is 4.68. The van der Waals surface area contributed by atoms with E-state index in [9.17, 15) is 13.5 Å². The van der Waals surface area contributed by atoms with Gasteiger partial charge in [0.15, 0.2) is 0 Å². The standard InChI is InChI=1S/C14H30O4S/c1-3-4-5-6-7-8-9-10-11-14(12-13(2)15)19(16,17)18/h13-15H,3-12H2,1-2H3,(H,16,17,18). The molecular formula is C14H30O4S. The van der Waals surface area contributed by atoms with Crippen molar-refractivity contribution in [1.82, 2.24) is 0 Å². The van der Waals surface area contributed by atoms with Crippen LogP contribution in [0.25, 0.3) is 0 Å². The number of aliphatic hydroxyl groups is 1. The Hall–Kier alpha value is -0.130. The van der Waals surface area contributed by atoms with Gasteiger partial charge in [-0.25, -0.2) is 0 Å². The van der Waals surface area contributed by atoms with Gasteiger partial charge in [-0.1, -0.05) is 58.3 Å². The molecule has 0 aromatic rings. The maximum atomic E-state index is 11.1. The van der Waals surface area contributed by atoms with Crippen LogP contribution in [0.2, 0.25) is 0 Å². The first-order chi connectivity index (χ1) is 8.88. The molecule has 0 aliphatic heterocycles. The van der Waals surface area contributed by atoms with Gasteiger partial charge < -0.3 is 5.11 Å². The zero-order chi connectivity index (χ0) is 14.7. The van der Waals surface area contributed by atoms with Crippen LogP contribution in [0.15, 0.2) is 0 Å². The van der Waals surface area contributed by atoms with Gasteiger partial charge in [-0.3, -0.25) is 4.55 Å². The molecule has 2 atom stereocenters. The zero-order valence-corrected chi connectivity index (χ0v) is 13.2. The van der Waals surface area contributed by atoms with Gasteiger partial charge in [-0.2, -0.15) is 8.42 Å². The normalized spacial score (nSPS) is 15.4. The lowest BCUT2D eigenvalue weighted by Crippen LogP contribution is -2.24. The second kappa shape index (κ2) is 10.6. The van der Waals surface area contributed by atoms with Crippen LogP contribution in [0, 0.1) is 0 Å². The van der Waals surface area contributed by atoms with E-state index in [1.54, 1.807) is 6.92 Å². The van der Waals surface area contributed by atoms with Crippen molar-refractivity contribution in [2.24, 2.45) is 0 Å². The minimum Gasteiger partial charge on any atom is -0.393 e. The fourth-order valence-electron chi connectivity index (χ4n) is 2.27. The lowest BCUT2D eigenvalue weighted by molar-refractivity contribution is 0.179. The van der Waals surface area contributed by atoms with Crippen molar-refractivity contribution in [2.75, 3.05) is 0 Å². The van der Waals surface area contributed by atoms with E-state index in [0.717, 1.165) is 19.3 Å². The summed E-state index contributed by atoms with van der Waals surface area (Å²) in [7, 11) is -4.02. The molecule has 0 aliphatic carbocycles. The average molecular weight is 294 g/mol. The van der Waals surface area contributed by atoms with Crippen molar-refractivity contribution in [3.05, 3.63) is 0 Å². The van der Waals surface area contributed by atoms with Crippen molar-refractivity contribution in [2.45, 2.75) is 89.4 Å². The lowest BCUT2D eigenvalue weighted by atomic mass is 10.0. The zero-order valence-electron chi connectivity index (χ0n) is 12.3. The van der Waals surface area contributed by atoms with Crippen LogP contribution < -0.4 is 0 Å². The van der Waals surface area contributed by atoms with Crippen molar-refractivity contribution < 1.29 is 18.1 Å². The Kier molecular flexibility index (Phi) is 10.6. The molecule has 116 valence electrons. The quantitative estimate of drug-likeness (QED) is 0.426. The van der Waals surface area contributed by atoms with Crippen molar-refractivity contribution in [3.8, 4) is 0 Å². The van der Waals surface area contributed by atoms with Crippen LogP contribution in [0.1, 0.15) is 78.1 Å². The van der Waals surface area contributed by atoms with Crippen LogP contribution in [-0.2, 0) is 10.1 Å². The Morgan fingerprint density at radius 1 is 0.947 bits per heavy atom. The van der Waals surface area contributed by atoms with Crippen LogP contribution in [0.5, 0.6) is 0 Å². The molecule has 0 aliphatic rings. The third-order valence-electron chi connectivity index (χ3n) is 3.40. The molecule has 0 spiro atoms. The van der Waals surface area contributed by atoms with Crippen molar-refractivity contribution in [3.63, 3.8) is 0 Å². The van der Waals surface area contributed by atoms with Crippen LogP contribution in [0.3, 0.4) is 0 Å². The van der Waals surface area contributed by atoms with Gasteiger partial charge in [0.1, 0.15) is 0 Å². The molecule has 0 saturated heterocycles. The van der Waals surface area contributed by atoms with Gasteiger partial charge in [0.2, 0.25) is 0 Å². The number of hydrogen-bond acceptors (Lipinski definition) is 3. The predicted octanol–water partition coefficient (Wildman–Crippen LogP) is 3.54. The summed E-state index contributed by atoms with van der Waals surface area (Å²) in [6.45, 7) is 3.74. The smallest absolute Gasteiger partial charge is 0.267 e. The monoisotopic (exact) mass is 294 g/mol. The van der Waals surface area contributed by atoms with Crippen LogP contribution in [-0.4, -0.2) is 29.4 Å². The molecule has 0 heterocycles. The van der Waals surface area contributed by atoms with E-state index in [2.05, 4.69) is 6.92 Å². The molecule has 0 saturated carbocycles. The summed E-state index contributed by atoms with van der Waals surface area (Å²) in [5, 5.41) is 8.42. The lowest BCUT2D eigenvalue weighted by Gasteiger charge is -2.15. The summed E-state index contributed by atoms with van der Waals surface area (Å²) in [5.41, 5.74) is 0. The van der Waals surface area contributed by atoms with Gasteiger partial charge >= 0.3 is 0 Å². The summed E-state index contributed by atoms with van der Waals surface area (Å²) in [5.74, 6) is 0. The van der Waals surface area contributed by atoms with E-state index in [1.807, 2.05) is 0 Å². The summed E-state index contributed by atoms with van der Waals surface area (Å²) < 4.78 is 31.4. The van der Waals surface area contributed by atoms with E-state index in [1.165, 1.54) is 32.1 Å². The summed E-state index contributed by atoms with van der Waals surface area (Å²) in [6.07, 6.45) is 9.06. The van der Waals surface area contributed by atoms with E-state index >= 15 is 0 Å². The van der Waals surface area contributed by atoms with E-state index in [0.29, 0.717) is 6.42 Å². The molecular weight excluding hydrogens is 264 g/mol. The van der Waals surface area contributed by atoms with Crippen molar-refractivity contribution in [1.29, 1.82) is 0 Å². The fourth-order valence-corrected chi connectivity index (χ4v) is 3.26. The number of hydrogen-bond donors (Lipinski definition) is 2. The maximum Gasteiger partial charge on any atom is 0.267 e. The minimum absolute atomic E-state index is 0.120. The number of aliphatic hydroxyl groups excluding tert-OH is 1. The Morgan fingerprint density at radius 2 is 1.42 bits per heavy atom. The van der Waals surface area contributed by atoms with Gasteiger partial charge in [0.25, 0.3) is 10.1 Å².